The first-order chi connectivity index (χ1) is 9.15. The summed E-state index contributed by atoms with van der Waals surface area (Å²) in [5.41, 5.74) is 0. The van der Waals surface area contributed by atoms with Crippen molar-refractivity contribution < 1.29 is 19.2 Å². The third-order valence-electron chi connectivity index (χ3n) is 2.94. The molecule has 1 atom stereocenters. The van der Waals surface area contributed by atoms with E-state index < -0.39 is 5.97 Å². The van der Waals surface area contributed by atoms with Crippen LogP contribution in [0.4, 0.5) is 4.79 Å². The molecule has 0 saturated heterocycles. The third-order valence-corrected chi connectivity index (χ3v) is 2.94. The van der Waals surface area contributed by atoms with E-state index in [0.717, 1.165) is 12.8 Å². The zero-order valence-corrected chi connectivity index (χ0v) is 10.3. The quantitative estimate of drug-likeness (QED) is 0.648. The molecule has 2 rings (SSSR count). The number of rotatable bonds is 7. The molecule has 1 fully saturated rings. The number of hydrogen-bond donors (Lipinski definition) is 3. The summed E-state index contributed by atoms with van der Waals surface area (Å²) in [4.78, 5) is 26.1. The summed E-state index contributed by atoms with van der Waals surface area (Å²) in [5.74, 6) is -0.0902. The Kier molecular flexibility index (Phi) is 4.32. The van der Waals surface area contributed by atoms with Gasteiger partial charge in [-0.15, -0.1) is 0 Å². The number of nitrogens with zero attached hydrogens (tertiary/aromatic N) is 2. The van der Waals surface area contributed by atoms with Crippen molar-refractivity contribution in [3.8, 4) is 0 Å². The van der Waals surface area contributed by atoms with Crippen LogP contribution < -0.4 is 10.6 Å². The van der Waals surface area contributed by atoms with Crippen molar-refractivity contribution in [2.45, 2.75) is 31.7 Å². The highest BCUT2D eigenvalue weighted by molar-refractivity contribution is 5.75. The standard InChI is InChI=1S/C11H16N4O4/c16-10(17)5-8(7-1-2-7)14-11(18)12-4-3-9-13-6-19-15-9/h6-8H,1-5H2,(H,16,17)(H2,12,14,18). The molecule has 8 nitrogen and oxygen atoms in total. The number of aliphatic carboxylic acids is 1. The molecule has 0 bridgehead atoms. The lowest BCUT2D eigenvalue weighted by Gasteiger charge is -2.16. The minimum atomic E-state index is -0.899. The number of aromatic nitrogens is 2. The van der Waals surface area contributed by atoms with E-state index in [9.17, 15) is 9.59 Å². The molecule has 1 aromatic rings. The lowest BCUT2D eigenvalue weighted by molar-refractivity contribution is -0.137. The Morgan fingerprint density at radius 3 is 2.89 bits per heavy atom. The van der Waals surface area contributed by atoms with E-state index in [0.29, 0.717) is 24.7 Å². The van der Waals surface area contributed by atoms with E-state index in [1.807, 2.05) is 0 Å². The molecule has 8 heteroatoms. The van der Waals surface area contributed by atoms with Gasteiger partial charge < -0.3 is 20.3 Å². The van der Waals surface area contributed by atoms with E-state index in [1.54, 1.807) is 0 Å². The molecule has 1 aromatic heterocycles. The summed E-state index contributed by atoms with van der Waals surface area (Å²) in [6, 6.07) is -0.649. The molecule has 0 aromatic carbocycles. The van der Waals surface area contributed by atoms with Crippen LogP contribution in [0.25, 0.3) is 0 Å². The lowest BCUT2D eigenvalue weighted by atomic mass is 10.1. The average Bonchev–Trinajstić information content (AvgIpc) is 3.07. The number of carbonyl (C=O) groups is 2. The second kappa shape index (κ2) is 6.17. The molecule has 2 amide bonds. The highest BCUT2D eigenvalue weighted by Gasteiger charge is 2.33. The predicted octanol–water partition coefficient (Wildman–Crippen LogP) is 0.165. The Morgan fingerprint density at radius 2 is 2.32 bits per heavy atom. The lowest BCUT2D eigenvalue weighted by Crippen LogP contribution is -2.44. The van der Waals surface area contributed by atoms with Gasteiger partial charge in [0.25, 0.3) is 0 Å². The zero-order chi connectivity index (χ0) is 13.7. The van der Waals surface area contributed by atoms with E-state index in [4.69, 9.17) is 5.11 Å². The van der Waals surface area contributed by atoms with Crippen LogP contribution >= 0.6 is 0 Å². The topological polar surface area (TPSA) is 117 Å². The van der Waals surface area contributed by atoms with Crippen LogP contribution in [0.5, 0.6) is 0 Å². The van der Waals surface area contributed by atoms with Gasteiger partial charge in [0.05, 0.1) is 6.42 Å². The van der Waals surface area contributed by atoms with Crippen LogP contribution in [0.15, 0.2) is 10.9 Å². The minimum Gasteiger partial charge on any atom is -0.481 e. The van der Waals surface area contributed by atoms with E-state index in [2.05, 4.69) is 25.3 Å². The Morgan fingerprint density at radius 1 is 1.53 bits per heavy atom. The predicted molar refractivity (Wildman–Crippen MR) is 63.3 cm³/mol. The van der Waals surface area contributed by atoms with Crippen molar-refractivity contribution in [3.63, 3.8) is 0 Å². The number of carbonyl (C=O) groups excluding carboxylic acids is 1. The molecule has 0 aliphatic heterocycles. The van der Waals surface area contributed by atoms with Gasteiger partial charge in [0.2, 0.25) is 6.39 Å². The molecule has 1 aliphatic rings. The maximum atomic E-state index is 11.6. The fourth-order valence-corrected chi connectivity index (χ4v) is 1.83. The molecule has 1 heterocycles. The van der Waals surface area contributed by atoms with Crippen LogP contribution in [-0.4, -0.2) is 39.8 Å². The number of nitrogens with one attached hydrogen (secondary N) is 2. The molecule has 1 unspecified atom stereocenters. The summed E-state index contributed by atoms with van der Waals surface area (Å²) in [5, 5.41) is 17.7. The monoisotopic (exact) mass is 268 g/mol. The van der Waals surface area contributed by atoms with Crippen molar-refractivity contribution in [2.75, 3.05) is 6.54 Å². The first-order valence-electron chi connectivity index (χ1n) is 6.16. The molecule has 0 spiro atoms. The first-order valence-corrected chi connectivity index (χ1v) is 6.16. The van der Waals surface area contributed by atoms with Crippen LogP contribution in [0.1, 0.15) is 25.1 Å². The van der Waals surface area contributed by atoms with Gasteiger partial charge in [-0.05, 0) is 18.8 Å². The fourth-order valence-electron chi connectivity index (χ4n) is 1.83. The summed E-state index contributed by atoms with van der Waals surface area (Å²) < 4.78 is 4.57. The molecular formula is C11H16N4O4. The summed E-state index contributed by atoms with van der Waals surface area (Å²) in [7, 11) is 0. The maximum Gasteiger partial charge on any atom is 0.315 e. The van der Waals surface area contributed by atoms with Crippen molar-refractivity contribution in [3.05, 3.63) is 12.2 Å². The Bertz CT molecular complexity index is 430. The van der Waals surface area contributed by atoms with Gasteiger partial charge in [-0.3, -0.25) is 4.79 Å². The van der Waals surface area contributed by atoms with Gasteiger partial charge in [-0.25, -0.2) is 4.79 Å². The molecule has 104 valence electrons. The number of hydrogen-bond acceptors (Lipinski definition) is 5. The Hall–Kier alpha value is -2.12. The minimum absolute atomic E-state index is 0.0388. The van der Waals surface area contributed by atoms with Gasteiger partial charge in [-0.1, -0.05) is 5.16 Å². The van der Waals surface area contributed by atoms with Crippen LogP contribution in [0.2, 0.25) is 0 Å². The van der Waals surface area contributed by atoms with E-state index >= 15 is 0 Å². The average molecular weight is 268 g/mol. The van der Waals surface area contributed by atoms with Gasteiger partial charge in [-0.2, -0.15) is 4.98 Å². The summed E-state index contributed by atoms with van der Waals surface area (Å²) >= 11 is 0. The van der Waals surface area contributed by atoms with E-state index in [1.165, 1.54) is 6.39 Å². The van der Waals surface area contributed by atoms with E-state index in [-0.39, 0.29) is 18.5 Å². The second-order valence-electron chi connectivity index (χ2n) is 4.54. The fraction of sp³-hybridized carbons (Fsp3) is 0.636. The van der Waals surface area contributed by atoms with Crippen molar-refractivity contribution >= 4 is 12.0 Å². The SMILES string of the molecule is O=C(O)CC(NC(=O)NCCc1ncon1)C1CC1. The van der Waals surface area contributed by atoms with Crippen molar-refractivity contribution in [1.29, 1.82) is 0 Å². The van der Waals surface area contributed by atoms with Crippen LogP contribution in [0, 0.1) is 5.92 Å². The Balaban J connectivity index is 1.68. The highest BCUT2D eigenvalue weighted by atomic mass is 16.5. The van der Waals surface area contributed by atoms with Crippen LogP contribution in [0.3, 0.4) is 0 Å². The number of amides is 2. The number of carboxylic acid groups (broad SMARTS) is 1. The summed E-state index contributed by atoms with van der Waals surface area (Å²) in [6.07, 6.45) is 3.60. The zero-order valence-electron chi connectivity index (χ0n) is 10.3. The molecule has 3 N–H and O–H groups in total. The number of carboxylic acids is 1. The smallest absolute Gasteiger partial charge is 0.315 e. The van der Waals surface area contributed by atoms with Crippen molar-refractivity contribution in [1.82, 2.24) is 20.8 Å². The van der Waals surface area contributed by atoms with Gasteiger partial charge in [0, 0.05) is 19.0 Å². The normalized spacial score (nSPS) is 15.8. The molecule has 1 aliphatic carbocycles. The highest BCUT2D eigenvalue weighted by Crippen LogP contribution is 2.33. The van der Waals surface area contributed by atoms with Gasteiger partial charge in [0.15, 0.2) is 5.82 Å². The summed E-state index contributed by atoms with van der Waals surface area (Å²) in [6.45, 7) is 0.371. The first kappa shape index (κ1) is 13.3. The van der Waals surface area contributed by atoms with Crippen LogP contribution in [-0.2, 0) is 11.2 Å². The second-order valence-corrected chi connectivity index (χ2v) is 4.54. The largest absolute Gasteiger partial charge is 0.481 e. The molecular weight excluding hydrogens is 252 g/mol. The number of urea groups is 1. The third kappa shape index (κ3) is 4.57. The van der Waals surface area contributed by atoms with Gasteiger partial charge in [0.1, 0.15) is 0 Å². The Labute approximate surface area is 109 Å². The molecule has 0 radical (unpaired) electrons. The molecule has 19 heavy (non-hydrogen) atoms. The molecule has 1 saturated carbocycles. The van der Waals surface area contributed by atoms with Crippen molar-refractivity contribution in [2.24, 2.45) is 5.92 Å². The maximum absolute atomic E-state index is 11.6. The van der Waals surface area contributed by atoms with Gasteiger partial charge >= 0.3 is 12.0 Å².